The van der Waals surface area contributed by atoms with Gasteiger partial charge in [0.1, 0.15) is 19.6 Å². The summed E-state index contributed by atoms with van der Waals surface area (Å²) in [7, 11) is -2.37. The van der Waals surface area contributed by atoms with Gasteiger partial charge in [0.25, 0.3) is 5.56 Å². The third kappa shape index (κ3) is 2.94. The van der Waals surface area contributed by atoms with Crippen molar-refractivity contribution < 1.29 is 19.7 Å². The lowest BCUT2D eigenvalue weighted by Gasteiger charge is -2.46. The number of carbonyl (C=O) groups excluding carboxylic acids is 1. The Balaban J connectivity index is 1.81. The second-order valence-corrected chi connectivity index (χ2v) is 16.6. The maximum Gasteiger partial charge on any atom is 0.343 e. The van der Waals surface area contributed by atoms with Gasteiger partial charge < -0.3 is 19.5 Å². The summed E-state index contributed by atoms with van der Waals surface area (Å²) in [5, 5.41) is 21.9. The molecule has 2 N–H and O–H groups in total. The van der Waals surface area contributed by atoms with Gasteiger partial charge in [-0.15, -0.1) is 0 Å². The summed E-state index contributed by atoms with van der Waals surface area (Å²) in [6.45, 7) is 12.6. The van der Waals surface area contributed by atoms with E-state index in [0.29, 0.717) is 34.6 Å². The zero-order valence-corrected chi connectivity index (χ0v) is 21.4. The summed E-state index contributed by atoms with van der Waals surface area (Å²) in [6.07, 6.45) is 0.100. The fraction of sp³-hybridized carbons (Fsp3) is 0.423. The molecule has 0 saturated carbocycles. The number of esters is 1. The Morgan fingerprint density at radius 1 is 1.21 bits per heavy atom. The Bertz CT molecular complexity index is 1440. The van der Waals surface area contributed by atoms with Crippen molar-refractivity contribution in [3.63, 3.8) is 0 Å². The van der Waals surface area contributed by atoms with E-state index in [2.05, 4.69) is 33.9 Å². The van der Waals surface area contributed by atoms with Gasteiger partial charge in [-0.05, 0) is 41.8 Å². The number of nitrogens with zero attached hydrogens (tertiary/aromatic N) is 2. The maximum atomic E-state index is 14.0. The normalized spacial score (nSPS) is 21.7. The lowest BCUT2D eigenvalue weighted by Crippen LogP contribution is -2.55. The SMILES string of the molecule is CCC1(O)C(=O)OC([Si](C)(C)C(C)(C)C)c2c1cc1n(c2=O)Cc2cc3cc(O)ccc3nc2-1. The number of fused-ring (bicyclic) bond motifs is 5. The Hall–Kier alpha value is -2.97. The van der Waals surface area contributed by atoms with E-state index in [9.17, 15) is 19.8 Å². The second kappa shape index (κ2) is 7.02. The molecule has 0 saturated heterocycles. The molecule has 2 unspecified atom stereocenters. The van der Waals surface area contributed by atoms with E-state index < -0.39 is 25.4 Å². The quantitative estimate of drug-likeness (QED) is 0.328. The summed E-state index contributed by atoms with van der Waals surface area (Å²) in [5.74, 6) is -0.542. The zero-order chi connectivity index (χ0) is 24.8. The number of aromatic nitrogens is 2. The minimum Gasteiger partial charge on any atom is -0.508 e. The number of hydrogen-bond acceptors (Lipinski definition) is 6. The van der Waals surface area contributed by atoms with Crippen molar-refractivity contribution in [2.75, 3.05) is 0 Å². The van der Waals surface area contributed by atoms with Crippen LogP contribution in [0.15, 0.2) is 35.1 Å². The number of hydrogen-bond donors (Lipinski definition) is 2. The van der Waals surface area contributed by atoms with Crippen molar-refractivity contribution in [3.8, 4) is 17.1 Å². The van der Waals surface area contributed by atoms with E-state index in [1.54, 1.807) is 35.8 Å². The van der Waals surface area contributed by atoms with E-state index >= 15 is 0 Å². The van der Waals surface area contributed by atoms with Gasteiger partial charge in [0, 0.05) is 16.5 Å². The molecule has 3 aromatic rings. The molecule has 8 heteroatoms. The zero-order valence-electron chi connectivity index (χ0n) is 20.4. The van der Waals surface area contributed by atoms with Crippen LogP contribution in [-0.4, -0.2) is 33.8 Å². The average Bonchev–Trinajstić information content (AvgIpc) is 3.11. The lowest BCUT2D eigenvalue weighted by atomic mass is 9.86. The highest BCUT2D eigenvalue weighted by Crippen LogP contribution is 2.50. The van der Waals surface area contributed by atoms with Crippen molar-refractivity contribution in [2.45, 2.75) is 70.1 Å². The van der Waals surface area contributed by atoms with Gasteiger partial charge >= 0.3 is 5.97 Å². The van der Waals surface area contributed by atoms with Gasteiger partial charge in [-0.3, -0.25) is 4.79 Å². The Morgan fingerprint density at radius 3 is 2.56 bits per heavy atom. The van der Waals surface area contributed by atoms with Crippen LogP contribution >= 0.6 is 0 Å². The van der Waals surface area contributed by atoms with Gasteiger partial charge in [-0.1, -0.05) is 40.8 Å². The number of phenols is 1. The highest BCUT2D eigenvalue weighted by molar-refractivity contribution is 6.81. The van der Waals surface area contributed by atoms with Crippen molar-refractivity contribution in [1.29, 1.82) is 0 Å². The maximum absolute atomic E-state index is 14.0. The predicted molar refractivity (Wildman–Crippen MR) is 132 cm³/mol. The van der Waals surface area contributed by atoms with Gasteiger partial charge in [-0.25, -0.2) is 9.78 Å². The monoisotopic (exact) mass is 478 g/mol. The molecule has 34 heavy (non-hydrogen) atoms. The number of benzene rings is 1. The van der Waals surface area contributed by atoms with Gasteiger partial charge in [-0.2, -0.15) is 0 Å². The smallest absolute Gasteiger partial charge is 0.343 e. The lowest BCUT2D eigenvalue weighted by molar-refractivity contribution is -0.174. The molecule has 0 fully saturated rings. The molecular weight excluding hydrogens is 448 g/mol. The van der Waals surface area contributed by atoms with Gasteiger partial charge in [0.2, 0.25) is 0 Å². The number of carbonyl (C=O) groups is 1. The molecule has 2 aromatic heterocycles. The highest BCUT2D eigenvalue weighted by Gasteiger charge is 2.55. The van der Waals surface area contributed by atoms with Crippen LogP contribution in [0.3, 0.4) is 0 Å². The topological polar surface area (TPSA) is 102 Å². The predicted octanol–water partition coefficient (Wildman–Crippen LogP) is 4.37. The largest absolute Gasteiger partial charge is 0.508 e. The molecule has 178 valence electrons. The van der Waals surface area contributed by atoms with Crippen LogP contribution in [-0.2, 0) is 21.7 Å². The van der Waals surface area contributed by atoms with Crippen molar-refractivity contribution in [1.82, 2.24) is 9.55 Å². The fourth-order valence-electron chi connectivity index (χ4n) is 4.94. The van der Waals surface area contributed by atoms with E-state index in [1.807, 2.05) is 6.07 Å². The number of rotatable bonds is 2. The number of aromatic hydroxyl groups is 1. The molecule has 0 aliphatic carbocycles. The van der Waals surface area contributed by atoms with Crippen LogP contribution < -0.4 is 5.56 Å². The van der Waals surface area contributed by atoms with Gasteiger partial charge in [0.15, 0.2) is 5.60 Å². The fourth-order valence-corrected chi connectivity index (χ4v) is 7.13. The van der Waals surface area contributed by atoms with Crippen LogP contribution in [0, 0.1) is 0 Å². The van der Waals surface area contributed by atoms with Gasteiger partial charge in [0.05, 0.1) is 29.0 Å². The summed E-state index contributed by atoms with van der Waals surface area (Å²) in [6, 6.07) is 8.66. The van der Waals surface area contributed by atoms with Crippen LogP contribution in [0.25, 0.3) is 22.3 Å². The van der Waals surface area contributed by atoms with Crippen LogP contribution in [0.1, 0.15) is 56.5 Å². The summed E-state index contributed by atoms with van der Waals surface area (Å²) >= 11 is 0. The average molecular weight is 479 g/mol. The number of cyclic esters (lactones) is 1. The third-order valence-corrected chi connectivity index (χ3v) is 13.7. The van der Waals surface area contributed by atoms with Crippen molar-refractivity contribution >= 4 is 24.9 Å². The van der Waals surface area contributed by atoms with Crippen LogP contribution in [0.4, 0.5) is 0 Å². The minimum absolute atomic E-state index is 0.100. The molecule has 2 atom stereocenters. The summed E-state index contributed by atoms with van der Waals surface area (Å²) < 4.78 is 7.59. The van der Waals surface area contributed by atoms with E-state index in [1.165, 1.54) is 0 Å². The van der Waals surface area contributed by atoms with E-state index in [4.69, 9.17) is 9.72 Å². The molecule has 0 radical (unpaired) electrons. The number of phenolic OH excluding ortho intramolecular Hbond substituents is 1. The first-order chi connectivity index (χ1) is 15.8. The number of pyridine rings is 2. The number of aliphatic hydroxyl groups is 1. The van der Waals surface area contributed by atoms with Crippen LogP contribution in [0.2, 0.25) is 18.1 Å². The number of ether oxygens (including phenoxy) is 1. The van der Waals surface area contributed by atoms with E-state index in [0.717, 1.165) is 10.9 Å². The minimum atomic E-state index is -2.37. The molecule has 1 aromatic carbocycles. The van der Waals surface area contributed by atoms with Crippen molar-refractivity contribution in [3.05, 3.63) is 57.4 Å². The third-order valence-electron chi connectivity index (χ3n) is 8.16. The molecule has 0 bridgehead atoms. The molecule has 2 aliphatic heterocycles. The first-order valence-electron chi connectivity index (χ1n) is 11.6. The first kappa shape index (κ1) is 22.8. The highest BCUT2D eigenvalue weighted by atomic mass is 28.3. The Morgan fingerprint density at radius 2 is 1.91 bits per heavy atom. The Kier molecular flexibility index (Phi) is 4.71. The van der Waals surface area contributed by atoms with Crippen molar-refractivity contribution in [2.24, 2.45) is 0 Å². The summed E-state index contributed by atoms with van der Waals surface area (Å²) in [5.41, 5.74) is 0.740. The molecular formula is C26H30N2O5Si. The summed E-state index contributed by atoms with van der Waals surface area (Å²) in [4.78, 5) is 32.0. The molecule has 5 rings (SSSR count). The Labute approximate surface area is 199 Å². The van der Waals surface area contributed by atoms with Crippen LogP contribution in [0.5, 0.6) is 5.75 Å². The first-order valence-corrected chi connectivity index (χ1v) is 14.7. The standard InChI is InChI=1S/C26H30N2O5Si/c1-7-26(32)17-12-19-21-15(10-14-11-16(29)8-9-18(14)27-21)13-28(19)22(30)20(17)23(33-24(26)31)34(5,6)25(2,3)4/h8-12,23,29,32H,7,13H2,1-6H3. The molecule has 4 heterocycles. The molecule has 0 spiro atoms. The van der Waals surface area contributed by atoms with E-state index in [-0.39, 0.29) is 22.8 Å². The molecule has 0 amide bonds. The second-order valence-electron chi connectivity index (χ2n) is 11.1. The molecule has 2 aliphatic rings. The molecule has 7 nitrogen and oxygen atoms in total.